The lowest BCUT2D eigenvalue weighted by Gasteiger charge is -2.34. The highest BCUT2D eigenvalue weighted by molar-refractivity contribution is 14.0. The Morgan fingerprint density at radius 1 is 1.42 bits per heavy atom. The molecule has 1 fully saturated rings. The van der Waals surface area contributed by atoms with E-state index in [1.807, 2.05) is 11.8 Å². The highest BCUT2D eigenvalue weighted by Crippen LogP contribution is 2.27. The molecule has 0 aliphatic carbocycles. The normalized spacial score (nSPS) is 18.3. The molecule has 148 valence electrons. The molecule has 0 bridgehead atoms. The summed E-state index contributed by atoms with van der Waals surface area (Å²) in [6, 6.07) is 0.851. The minimum absolute atomic E-state index is 0. The van der Waals surface area contributed by atoms with Gasteiger partial charge in [-0.05, 0) is 12.5 Å². The number of aliphatic imine (C=N–C) groups is 1. The van der Waals surface area contributed by atoms with Crippen molar-refractivity contribution >= 4 is 47.6 Å². The molecule has 1 aliphatic rings. The molecule has 0 spiro atoms. The number of guanidine groups is 1. The predicted molar refractivity (Wildman–Crippen MR) is 110 cm³/mol. The second-order valence-corrected chi connectivity index (χ2v) is 6.92. The number of aromatic nitrogens is 2. The van der Waals surface area contributed by atoms with Gasteiger partial charge in [0, 0.05) is 50.4 Å². The zero-order valence-electron chi connectivity index (χ0n) is 14.7. The third-order valence-corrected chi connectivity index (χ3v) is 5.11. The van der Waals surface area contributed by atoms with E-state index < -0.39 is 11.9 Å². The van der Waals surface area contributed by atoms with Gasteiger partial charge in [-0.15, -0.1) is 24.0 Å². The van der Waals surface area contributed by atoms with E-state index in [1.54, 1.807) is 7.05 Å². The first-order valence-corrected chi connectivity index (χ1v) is 9.20. The summed E-state index contributed by atoms with van der Waals surface area (Å²) in [6.45, 7) is 4.96. The summed E-state index contributed by atoms with van der Waals surface area (Å²) in [5.41, 5.74) is -0.954. The smallest absolute Gasteiger partial charge is 0.354 e. The molecule has 26 heavy (non-hydrogen) atoms. The van der Waals surface area contributed by atoms with Gasteiger partial charge >= 0.3 is 6.18 Å². The molecule has 1 atom stereocenters. The zero-order chi connectivity index (χ0) is 18.3. The first-order chi connectivity index (χ1) is 11.9. The van der Waals surface area contributed by atoms with Gasteiger partial charge in [0.15, 0.2) is 5.96 Å². The van der Waals surface area contributed by atoms with E-state index in [0.29, 0.717) is 18.3 Å². The van der Waals surface area contributed by atoms with Crippen molar-refractivity contribution in [1.29, 1.82) is 0 Å². The number of hydrogen-bond acceptors (Lipinski definition) is 5. The fourth-order valence-electron chi connectivity index (χ4n) is 2.44. The van der Waals surface area contributed by atoms with Crippen molar-refractivity contribution in [2.75, 3.05) is 44.3 Å². The summed E-state index contributed by atoms with van der Waals surface area (Å²) < 4.78 is 37.9. The van der Waals surface area contributed by atoms with Crippen LogP contribution >= 0.6 is 35.7 Å². The predicted octanol–water partition coefficient (Wildman–Crippen LogP) is 2.93. The molecule has 6 nitrogen and oxygen atoms in total. The third-order valence-electron chi connectivity index (χ3n) is 3.74. The van der Waals surface area contributed by atoms with E-state index in [9.17, 15) is 13.2 Å². The summed E-state index contributed by atoms with van der Waals surface area (Å²) in [4.78, 5) is 13.8. The van der Waals surface area contributed by atoms with E-state index in [1.165, 1.54) is 0 Å². The van der Waals surface area contributed by atoms with Crippen molar-refractivity contribution in [2.24, 2.45) is 4.99 Å². The number of alkyl halides is 3. The van der Waals surface area contributed by atoms with Gasteiger partial charge in [0.25, 0.3) is 0 Å². The molecule has 1 saturated heterocycles. The van der Waals surface area contributed by atoms with Gasteiger partial charge in [-0.3, -0.25) is 4.99 Å². The maximum absolute atomic E-state index is 12.6. The highest BCUT2D eigenvalue weighted by Gasteiger charge is 2.32. The Bertz CT molecular complexity index is 587. The van der Waals surface area contributed by atoms with E-state index in [4.69, 9.17) is 0 Å². The second-order valence-electron chi connectivity index (χ2n) is 5.51. The Hall–Kier alpha value is -0.980. The number of halogens is 4. The Labute approximate surface area is 172 Å². The molecule has 1 aromatic heterocycles. The molecule has 2 heterocycles. The summed E-state index contributed by atoms with van der Waals surface area (Å²) in [5.74, 6) is 1.84. The van der Waals surface area contributed by atoms with Crippen LogP contribution in [0.3, 0.4) is 0 Å². The lowest BCUT2D eigenvalue weighted by molar-refractivity contribution is -0.141. The minimum Gasteiger partial charge on any atom is -0.354 e. The molecule has 0 aromatic carbocycles. The van der Waals surface area contributed by atoms with Crippen LogP contribution in [0.5, 0.6) is 0 Å². The van der Waals surface area contributed by atoms with Crippen LogP contribution in [-0.2, 0) is 6.18 Å². The molecule has 1 aliphatic heterocycles. The van der Waals surface area contributed by atoms with E-state index in [0.717, 1.165) is 43.5 Å². The molecule has 2 rings (SSSR count). The number of nitrogens with one attached hydrogen (secondary N) is 2. The van der Waals surface area contributed by atoms with Gasteiger partial charge in [0.05, 0.1) is 0 Å². The lowest BCUT2D eigenvalue weighted by atomic mass is 10.3. The van der Waals surface area contributed by atoms with Crippen molar-refractivity contribution in [3.05, 3.63) is 18.0 Å². The van der Waals surface area contributed by atoms with Crippen LogP contribution < -0.4 is 10.6 Å². The van der Waals surface area contributed by atoms with Crippen LogP contribution in [-0.4, -0.2) is 65.1 Å². The topological polar surface area (TPSA) is 65.4 Å². The Balaban J connectivity index is 0.00000338. The van der Waals surface area contributed by atoms with Gasteiger partial charge in [0.1, 0.15) is 5.69 Å². The number of nitrogens with zero attached hydrogens (tertiary/aromatic N) is 4. The molecule has 2 N–H and O–H groups in total. The molecule has 11 heteroatoms. The lowest BCUT2D eigenvalue weighted by Crippen LogP contribution is -2.48. The fourth-order valence-corrected chi connectivity index (χ4v) is 3.62. The van der Waals surface area contributed by atoms with Crippen LogP contribution in [0.25, 0.3) is 0 Å². The maximum atomic E-state index is 12.6. The quantitative estimate of drug-likeness (QED) is 0.278. The molecule has 1 aromatic rings. The van der Waals surface area contributed by atoms with Crippen LogP contribution in [0.1, 0.15) is 19.0 Å². The van der Waals surface area contributed by atoms with E-state index in [2.05, 4.69) is 37.4 Å². The van der Waals surface area contributed by atoms with E-state index in [-0.39, 0.29) is 29.9 Å². The van der Waals surface area contributed by atoms with Crippen molar-refractivity contribution in [3.8, 4) is 0 Å². The molecule has 1 unspecified atom stereocenters. The maximum Gasteiger partial charge on any atom is 0.433 e. The number of anilines is 1. The van der Waals surface area contributed by atoms with Crippen LogP contribution in [0.4, 0.5) is 19.1 Å². The Morgan fingerprint density at radius 2 is 2.19 bits per heavy atom. The zero-order valence-corrected chi connectivity index (χ0v) is 17.9. The molecular formula is C15H24F3IN6S. The fraction of sp³-hybridized carbons (Fsp3) is 0.667. The Morgan fingerprint density at radius 3 is 2.85 bits per heavy atom. The summed E-state index contributed by atoms with van der Waals surface area (Å²) in [5, 5.41) is 6.62. The van der Waals surface area contributed by atoms with Gasteiger partial charge in [-0.1, -0.05) is 6.92 Å². The number of rotatable bonds is 5. The van der Waals surface area contributed by atoms with Gasteiger partial charge in [0.2, 0.25) is 5.95 Å². The molecule has 0 radical (unpaired) electrons. The van der Waals surface area contributed by atoms with Crippen molar-refractivity contribution in [3.63, 3.8) is 0 Å². The first-order valence-electron chi connectivity index (χ1n) is 8.15. The average molecular weight is 504 g/mol. The van der Waals surface area contributed by atoms with Crippen LogP contribution in [0.15, 0.2) is 17.3 Å². The number of hydrogen-bond donors (Lipinski definition) is 2. The van der Waals surface area contributed by atoms with Crippen LogP contribution in [0, 0.1) is 0 Å². The van der Waals surface area contributed by atoms with Gasteiger partial charge in [-0.25, -0.2) is 9.97 Å². The SMILES string of the molecule is CCC1CN(C(=NC)NCCNc2nccc(C(F)(F)F)n2)CCS1.I. The summed E-state index contributed by atoms with van der Waals surface area (Å²) >= 11 is 1.98. The molecular weight excluding hydrogens is 480 g/mol. The van der Waals surface area contributed by atoms with Crippen molar-refractivity contribution < 1.29 is 13.2 Å². The van der Waals surface area contributed by atoms with E-state index >= 15 is 0 Å². The first kappa shape index (κ1) is 23.1. The van der Waals surface area contributed by atoms with Gasteiger partial charge < -0.3 is 15.5 Å². The summed E-state index contributed by atoms with van der Waals surface area (Å²) in [7, 11) is 1.73. The van der Waals surface area contributed by atoms with Crippen molar-refractivity contribution in [2.45, 2.75) is 24.8 Å². The monoisotopic (exact) mass is 504 g/mol. The highest BCUT2D eigenvalue weighted by atomic mass is 127. The Kier molecular flexibility index (Phi) is 9.75. The standard InChI is InChI=1S/C15H23F3N6S.HI/c1-3-11-10-24(8-9-25-11)14(19-2)22-7-6-21-13-20-5-4-12(23-13)15(16,17)18;/h4-5,11H,3,6-10H2,1-2H3,(H,19,22)(H,20,21,23);1H. The largest absolute Gasteiger partial charge is 0.433 e. The minimum atomic E-state index is -4.47. The van der Waals surface area contributed by atoms with Crippen LogP contribution in [0.2, 0.25) is 0 Å². The molecule has 0 saturated carbocycles. The third kappa shape index (κ3) is 6.97. The summed E-state index contributed by atoms with van der Waals surface area (Å²) in [6.07, 6.45) is -2.25. The van der Waals surface area contributed by atoms with Gasteiger partial charge in [-0.2, -0.15) is 24.9 Å². The van der Waals surface area contributed by atoms with Crippen molar-refractivity contribution in [1.82, 2.24) is 20.2 Å². The molecule has 0 amide bonds. The number of thioether (sulfide) groups is 1. The average Bonchev–Trinajstić information content (AvgIpc) is 2.61. The second kappa shape index (κ2) is 11.0.